The zero-order chi connectivity index (χ0) is 17.4. The van der Waals surface area contributed by atoms with E-state index in [2.05, 4.69) is 13.8 Å². The fourth-order valence-corrected chi connectivity index (χ4v) is 3.33. The van der Waals surface area contributed by atoms with Crippen molar-refractivity contribution in [1.29, 1.82) is 0 Å². The third kappa shape index (κ3) is 3.02. The lowest BCUT2D eigenvalue weighted by Gasteiger charge is -2.19. The predicted molar refractivity (Wildman–Crippen MR) is 99.6 cm³/mol. The minimum atomic E-state index is -0.153. The fraction of sp³-hybridized carbons (Fsp3) is 0.211. The average molecular weight is 362 g/mol. The maximum Gasteiger partial charge on any atom is 0.259 e. The number of anilines is 1. The highest BCUT2D eigenvalue weighted by Crippen LogP contribution is 2.39. The second kappa shape index (κ2) is 6.50. The predicted octanol–water partition coefficient (Wildman–Crippen LogP) is 5.24. The Hall–Kier alpha value is -1.97. The number of para-hydroxylation sites is 1. The molecule has 1 aliphatic rings. The van der Waals surface area contributed by atoms with Crippen LogP contribution in [-0.2, 0) is 4.79 Å². The number of aromatic hydroxyl groups is 1. The number of rotatable bonds is 3. The normalized spacial score (nSPS) is 15.5. The van der Waals surface area contributed by atoms with Crippen LogP contribution in [0, 0.1) is 5.92 Å². The highest BCUT2D eigenvalue weighted by molar-refractivity contribution is 6.38. The molecular weight excluding hydrogens is 345 g/mol. The number of phenols is 1. The van der Waals surface area contributed by atoms with Gasteiger partial charge in [0, 0.05) is 17.7 Å². The van der Waals surface area contributed by atoms with Crippen LogP contribution in [0.25, 0.3) is 11.6 Å². The molecule has 0 bridgehead atoms. The molecule has 0 spiro atoms. The van der Waals surface area contributed by atoms with Gasteiger partial charge in [-0.3, -0.25) is 4.79 Å². The molecule has 1 aliphatic heterocycles. The SMILES string of the molecule is CC(C)CN1C(=O)/C(=C\c2cc(Cl)c(O)c(Cl)c2)c2ccccc21. The van der Waals surface area contributed by atoms with Gasteiger partial charge in [0.05, 0.1) is 15.7 Å². The van der Waals surface area contributed by atoms with Gasteiger partial charge in [-0.25, -0.2) is 0 Å². The molecule has 2 aromatic carbocycles. The van der Waals surface area contributed by atoms with Crippen molar-refractivity contribution in [2.75, 3.05) is 11.4 Å². The molecular formula is C19H17Cl2NO2. The molecule has 1 amide bonds. The first-order chi connectivity index (χ1) is 11.4. The van der Waals surface area contributed by atoms with Crippen molar-refractivity contribution in [2.45, 2.75) is 13.8 Å². The highest BCUT2D eigenvalue weighted by Gasteiger charge is 2.32. The highest BCUT2D eigenvalue weighted by atomic mass is 35.5. The Labute approximate surface area is 151 Å². The van der Waals surface area contributed by atoms with Crippen molar-refractivity contribution in [1.82, 2.24) is 0 Å². The van der Waals surface area contributed by atoms with Gasteiger partial charge in [0.1, 0.15) is 0 Å². The molecule has 0 fully saturated rings. The second-order valence-electron chi connectivity index (χ2n) is 6.22. The van der Waals surface area contributed by atoms with Gasteiger partial charge in [-0.05, 0) is 35.8 Å². The molecule has 0 radical (unpaired) electrons. The monoisotopic (exact) mass is 361 g/mol. The van der Waals surface area contributed by atoms with Crippen LogP contribution in [-0.4, -0.2) is 17.6 Å². The maximum atomic E-state index is 12.9. The van der Waals surface area contributed by atoms with E-state index in [-0.39, 0.29) is 21.7 Å². The quantitative estimate of drug-likeness (QED) is 0.759. The van der Waals surface area contributed by atoms with E-state index in [1.807, 2.05) is 24.3 Å². The molecule has 124 valence electrons. The Balaban J connectivity index is 2.09. The molecule has 3 rings (SSSR count). The van der Waals surface area contributed by atoms with E-state index in [0.29, 0.717) is 23.6 Å². The van der Waals surface area contributed by atoms with E-state index in [1.54, 1.807) is 23.1 Å². The van der Waals surface area contributed by atoms with Crippen LogP contribution < -0.4 is 4.90 Å². The summed E-state index contributed by atoms with van der Waals surface area (Å²) in [6.45, 7) is 4.82. The van der Waals surface area contributed by atoms with Gasteiger partial charge in [0.2, 0.25) is 0 Å². The lowest BCUT2D eigenvalue weighted by molar-refractivity contribution is -0.113. The Morgan fingerprint density at radius 2 is 1.79 bits per heavy atom. The number of phenolic OH excluding ortho intramolecular Hbond substituents is 1. The van der Waals surface area contributed by atoms with Gasteiger partial charge in [-0.15, -0.1) is 0 Å². The van der Waals surface area contributed by atoms with Crippen LogP contribution in [0.3, 0.4) is 0 Å². The standard InChI is InChI=1S/C19H17Cl2NO2/c1-11(2)10-22-17-6-4-3-5-13(17)14(19(22)24)7-12-8-15(20)18(23)16(21)9-12/h3-9,11,23H,10H2,1-2H3/b14-7-. The molecule has 0 aliphatic carbocycles. The molecule has 1 N–H and O–H groups in total. The molecule has 3 nitrogen and oxygen atoms in total. The van der Waals surface area contributed by atoms with Crippen molar-refractivity contribution in [2.24, 2.45) is 5.92 Å². The number of benzene rings is 2. The molecule has 0 unspecified atom stereocenters. The Morgan fingerprint density at radius 1 is 1.17 bits per heavy atom. The summed E-state index contributed by atoms with van der Waals surface area (Å²) in [6, 6.07) is 10.9. The second-order valence-corrected chi connectivity index (χ2v) is 7.03. The third-order valence-electron chi connectivity index (χ3n) is 3.86. The van der Waals surface area contributed by atoms with E-state index < -0.39 is 0 Å². The molecule has 0 atom stereocenters. The molecule has 0 saturated heterocycles. The van der Waals surface area contributed by atoms with E-state index in [1.165, 1.54) is 0 Å². The number of carbonyl (C=O) groups is 1. The largest absolute Gasteiger partial charge is 0.505 e. The number of hydrogen-bond donors (Lipinski definition) is 1. The van der Waals surface area contributed by atoms with Crippen LogP contribution in [0.15, 0.2) is 36.4 Å². The number of nitrogens with zero attached hydrogens (tertiary/aromatic N) is 1. The Kier molecular flexibility index (Phi) is 4.57. The zero-order valence-corrected chi connectivity index (χ0v) is 14.9. The number of amides is 1. The molecule has 0 aromatic heterocycles. The van der Waals surface area contributed by atoms with Crippen LogP contribution in [0.2, 0.25) is 10.0 Å². The van der Waals surface area contributed by atoms with Gasteiger partial charge in [0.25, 0.3) is 5.91 Å². The zero-order valence-electron chi connectivity index (χ0n) is 13.4. The minimum Gasteiger partial charge on any atom is -0.505 e. The fourth-order valence-electron chi connectivity index (χ4n) is 2.83. The van der Waals surface area contributed by atoms with E-state index in [0.717, 1.165) is 11.3 Å². The Bertz CT molecular complexity index is 820. The first kappa shape index (κ1) is 16.9. The molecule has 1 heterocycles. The maximum absolute atomic E-state index is 12.9. The molecule has 24 heavy (non-hydrogen) atoms. The van der Waals surface area contributed by atoms with Gasteiger partial charge < -0.3 is 10.0 Å². The first-order valence-corrected chi connectivity index (χ1v) is 8.45. The lowest BCUT2D eigenvalue weighted by Crippen LogP contribution is -2.30. The van der Waals surface area contributed by atoms with Gasteiger partial charge in [0.15, 0.2) is 5.75 Å². The van der Waals surface area contributed by atoms with Crippen molar-refractivity contribution < 1.29 is 9.90 Å². The lowest BCUT2D eigenvalue weighted by atomic mass is 10.0. The molecule has 5 heteroatoms. The third-order valence-corrected chi connectivity index (χ3v) is 4.43. The summed E-state index contributed by atoms with van der Waals surface area (Å²) in [7, 11) is 0. The van der Waals surface area contributed by atoms with Crippen LogP contribution in [0.4, 0.5) is 5.69 Å². The summed E-state index contributed by atoms with van der Waals surface area (Å²) in [5.41, 5.74) is 3.08. The van der Waals surface area contributed by atoms with Crippen molar-refractivity contribution in [3.63, 3.8) is 0 Å². The number of carbonyl (C=O) groups excluding carboxylic acids is 1. The summed E-state index contributed by atoms with van der Waals surface area (Å²) in [4.78, 5) is 14.7. The number of hydrogen-bond acceptors (Lipinski definition) is 2. The Morgan fingerprint density at radius 3 is 2.42 bits per heavy atom. The van der Waals surface area contributed by atoms with E-state index >= 15 is 0 Å². The smallest absolute Gasteiger partial charge is 0.259 e. The topological polar surface area (TPSA) is 40.5 Å². The van der Waals surface area contributed by atoms with Crippen LogP contribution in [0.5, 0.6) is 5.75 Å². The van der Waals surface area contributed by atoms with Crippen molar-refractivity contribution in [3.05, 3.63) is 57.6 Å². The van der Waals surface area contributed by atoms with Crippen molar-refractivity contribution in [3.8, 4) is 5.75 Å². The summed E-state index contributed by atoms with van der Waals surface area (Å²) in [6.07, 6.45) is 1.76. The van der Waals surface area contributed by atoms with Crippen molar-refractivity contribution >= 4 is 46.4 Å². The van der Waals surface area contributed by atoms with Gasteiger partial charge in [-0.1, -0.05) is 55.2 Å². The first-order valence-electron chi connectivity index (χ1n) is 7.69. The van der Waals surface area contributed by atoms with E-state index in [9.17, 15) is 9.90 Å². The average Bonchev–Trinajstić information content (AvgIpc) is 2.78. The van der Waals surface area contributed by atoms with E-state index in [4.69, 9.17) is 23.2 Å². The van der Waals surface area contributed by atoms with Gasteiger partial charge >= 0.3 is 0 Å². The molecule has 2 aromatic rings. The van der Waals surface area contributed by atoms with Crippen LogP contribution in [0.1, 0.15) is 25.0 Å². The minimum absolute atomic E-state index is 0.0368. The molecule has 0 saturated carbocycles. The summed E-state index contributed by atoms with van der Waals surface area (Å²) < 4.78 is 0. The number of fused-ring (bicyclic) bond motifs is 1. The number of halogens is 2. The summed E-state index contributed by atoms with van der Waals surface area (Å²) >= 11 is 12.0. The summed E-state index contributed by atoms with van der Waals surface area (Å²) in [5.74, 6) is 0.171. The summed E-state index contributed by atoms with van der Waals surface area (Å²) in [5, 5.41) is 10.0. The van der Waals surface area contributed by atoms with Crippen LogP contribution >= 0.6 is 23.2 Å². The van der Waals surface area contributed by atoms with Gasteiger partial charge in [-0.2, -0.15) is 0 Å².